The summed E-state index contributed by atoms with van der Waals surface area (Å²) in [4.78, 5) is 11.9. The number of rotatable bonds is 5. The summed E-state index contributed by atoms with van der Waals surface area (Å²) in [5.41, 5.74) is 2.09. The largest absolute Gasteiger partial charge is 0.482 e. The van der Waals surface area contributed by atoms with Crippen LogP contribution < -0.4 is 9.47 Å². The number of hydrogen-bond acceptors (Lipinski definition) is 3. The lowest BCUT2D eigenvalue weighted by Gasteiger charge is -2.15. The minimum atomic E-state index is -0.470. The molecule has 0 aliphatic heterocycles. The molecule has 3 nitrogen and oxygen atoms in total. The van der Waals surface area contributed by atoms with E-state index in [9.17, 15) is 4.79 Å². The van der Waals surface area contributed by atoms with E-state index in [2.05, 4.69) is 29.8 Å². The number of aryl methyl sites for hydroxylation is 1. The summed E-state index contributed by atoms with van der Waals surface area (Å²) in [5.74, 6) is 0.916. The van der Waals surface area contributed by atoms with E-state index in [4.69, 9.17) is 21.1 Å². The number of esters is 1. The summed E-state index contributed by atoms with van der Waals surface area (Å²) in [7, 11) is 0. The number of halogens is 2. The SMILES string of the molecule is Cc1cc(OCC(=O)Oc2cccc(Cl)c2)c(C(C)C)cc1Br. The molecular formula is C18H18BrClO3. The van der Waals surface area contributed by atoms with Crippen molar-refractivity contribution >= 4 is 33.5 Å². The van der Waals surface area contributed by atoms with Crippen molar-refractivity contribution in [2.45, 2.75) is 26.7 Å². The van der Waals surface area contributed by atoms with Gasteiger partial charge in [-0.15, -0.1) is 0 Å². The zero-order chi connectivity index (χ0) is 17.0. The Hall–Kier alpha value is -1.52. The highest BCUT2D eigenvalue weighted by Crippen LogP contribution is 2.32. The molecule has 23 heavy (non-hydrogen) atoms. The first-order valence-corrected chi connectivity index (χ1v) is 8.43. The molecular weight excluding hydrogens is 380 g/mol. The van der Waals surface area contributed by atoms with Gasteiger partial charge in [0.05, 0.1) is 0 Å². The van der Waals surface area contributed by atoms with Crippen LogP contribution in [-0.2, 0) is 4.79 Å². The molecule has 5 heteroatoms. The summed E-state index contributed by atoms with van der Waals surface area (Å²) >= 11 is 9.38. The summed E-state index contributed by atoms with van der Waals surface area (Å²) in [6.45, 7) is 5.97. The van der Waals surface area contributed by atoms with Crippen molar-refractivity contribution in [3.8, 4) is 11.5 Å². The fourth-order valence-corrected chi connectivity index (χ4v) is 2.62. The Bertz CT molecular complexity index is 713. The van der Waals surface area contributed by atoms with Crippen molar-refractivity contribution in [2.75, 3.05) is 6.61 Å². The second-order valence-corrected chi connectivity index (χ2v) is 6.80. The van der Waals surface area contributed by atoms with E-state index in [-0.39, 0.29) is 12.5 Å². The minimum Gasteiger partial charge on any atom is -0.482 e. The van der Waals surface area contributed by atoms with Crippen molar-refractivity contribution in [1.82, 2.24) is 0 Å². The highest BCUT2D eigenvalue weighted by Gasteiger charge is 2.13. The van der Waals surface area contributed by atoms with Gasteiger partial charge in [0.2, 0.25) is 0 Å². The first kappa shape index (κ1) is 17.8. The fourth-order valence-electron chi connectivity index (χ4n) is 2.07. The van der Waals surface area contributed by atoms with Gasteiger partial charge in [0, 0.05) is 9.50 Å². The Morgan fingerprint density at radius 1 is 1.26 bits per heavy atom. The Kier molecular flexibility index (Phi) is 6.08. The van der Waals surface area contributed by atoms with E-state index >= 15 is 0 Å². The summed E-state index contributed by atoms with van der Waals surface area (Å²) in [6.07, 6.45) is 0. The predicted octanol–water partition coefficient (Wildman–Crippen LogP) is 5.52. The minimum absolute atomic E-state index is 0.159. The molecule has 0 radical (unpaired) electrons. The number of benzene rings is 2. The van der Waals surface area contributed by atoms with Crippen LogP contribution in [0.4, 0.5) is 0 Å². The first-order valence-electron chi connectivity index (χ1n) is 7.26. The van der Waals surface area contributed by atoms with Gasteiger partial charge in [-0.1, -0.05) is 47.4 Å². The van der Waals surface area contributed by atoms with Crippen LogP contribution in [-0.4, -0.2) is 12.6 Å². The van der Waals surface area contributed by atoms with Gasteiger partial charge in [-0.2, -0.15) is 0 Å². The molecule has 0 fully saturated rings. The number of carbonyl (C=O) groups excluding carboxylic acids is 1. The first-order chi connectivity index (χ1) is 10.9. The van der Waals surface area contributed by atoms with E-state index in [0.29, 0.717) is 16.5 Å². The van der Waals surface area contributed by atoms with E-state index in [1.165, 1.54) is 0 Å². The molecule has 0 saturated carbocycles. The molecule has 122 valence electrons. The quantitative estimate of drug-likeness (QED) is 0.492. The van der Waals surface area contributed by atoms with Crippen LogP contribution in [0.5, 0.6) is 11.5 Å². The molecule has 2 rings (SSSR count). The molecule has 2 aromatic carbocycles. The maximum absolute atomic E-state index is 11.9. The molecule has 0 heterocycles. The van der Waals surface area contributed by atoms with Crippen molar-refractivity contribution < 1.29 is 14.3 Å². The monoisotopic (exact) mass is 396 g/mol. The molecule has 0 spiro atoms. The van der Waals surface area contributed by atoms with Gasteiger partial charge in [-0.25, -0.2) is 4.79 Å². The van der Waals surface area contributed by atoms with E-state index in [1.807, 2.05) is 19.1 Å². The zero-order valence-electron chi connectivity index (χ0n) is 13.2. The lowest BCUT2D eigenvalue weighted by atomic mass is 10.0. The lowest BCUT2D eigenvalue weighted by Crippen LogP contribution is -2.18. The third-order valence-corrected chi connectivity index (χ3v) is 4.38. The third kappa shape index (κ3) is 4.98. The van der Waals surface area contributed by atoms with E-state index in [1.54, 1.807) is 24.3 Å². The van der Waals surface area contributed by atoms with Crippen molar-refractivity contribution in [1.29, 1.82) is 0 Å². The van der Waals surface area contributed by atoms with Crippen LogP contribution in [0.1, 0.15) is 30.9 Å². The molecule has 0 aliphatic carbocycles. The maximum atomic E-state index is 11.9. The number of ether oxygens (including phenoxy) is 2. The van der Waals surface area contributed by atoms with Gasteiger partial charge in [0.15, 0.2) is 6.61 Å². The average molecular weight is 398 g/mol. The molecule has 0 atom stereocenters. The molecule has 2 aromatic rings. The molecule has 0 saturated heterocycles. The maximum Gasteiger partial charge on any atom is 0.349 e. The number of carbonyl (C=O) groups is 1. The van der Waals surface area contributed by atoms with Crippen LogP contribution in [0.3, 0.4) is 0 Å². The highest BCUT2D eigenvalue weighted by molar-refractivity contribution is 9.10. The average Bonchev–Trinajstić information content (AvgIpc) is 2.47. The summed E-state index contributed by atoms with van der Waals surface area (Å²) < 4.78 is 11.9. The van der Waals surface area contributed by atoms with Gasteiger partial charge >= 0.3 is 5.97 Å². The normalized spacial score (nSPS) is 10.7. The van der Waals surface area contributed by atoms with Gasteiger partial charge in [0.25, 0.3) is 0 Å². The Morgan fingerprint density at radius 2 is 2.00 bits per heavy atom. The van der Waals surface area contributed by atoms with Gasteiger partial charge in [-0.05, 0) is 54.3 Å². The van der Waals surface area contributed by atoms with Crippen molar-refractivity contribution in [3.05, 3.63) is 57.0 Å². The zero-order valence-corrected chi connectivity index (χ0v) is 15.6. The molecule has 0 N–H and O–H groups in total. The van der Waals surface area contributed by atoms with Crippen LogP contribution in [0.25, 0.3) is 0 Å². The van der Waals surface area contributed by atoms with Gasteiger partial charge < -0.3 is 9.47 Å². The van der Waals surface area contributed by atoms with E-state index in [0.717, 1.165) is 15.6 Å². The summed E-state index contributed by atoms with van der Waals surface area (Å²) in [6, 6.07) is 10.6. The van der Waals surface area contributed by atoms with Gasteiger partial charge in [0.1, 0.15) is 11.5 Å². The van der Waals surface area contributed by atoms with Crippen molar-refractivity contribution in [2.24, 2.45) is 0 Å². The molecule has 0 bridgehead atoms. The van der Waals surface area contributed by atoms with Crippen LogP contribution in [0.2, 0.25) is 5.02 Å². The molecule has 0 aromatic heterocycles. The standard InChI is InChI=1S/C18H18BrClO3/c1-11(2)15-9-16(19)12(3)7-17(15)22-10-18(21)23-14-6-4-5-13(20)8-14/h4-9,11H,10H2,1-3H3. The lowest BCUT2D eigenvalue weighted by molar-refractivity contribution is -0.136. The third-order valence-electron chi connectivity index (χ3n) is 3.29. The van der Waals surface area contributed by atoms with Crippen molar-refractivity contribution in [3.63, 3.8) is 0 Å². The smallest absolute Gasteiger partial charge is 0.349 e. The highest BCUT2D eigenvalue weighted by atomic mass is 79.9. The van der Waals surface area contributed by atoms with Crippen LogP contribution in [0, 0.1) is 6.92 Å². The number of hydrogen-bond donors (Lipinski definition) is 0. The Labute approximate surface area is 149 Å². The molecule has 0 aliphatic rings. The molecule has 0 amide bonds. The summed E-state index contributed by atoms with van der Waals surface area (Å²) in [5, 5.41) is 0.516. The van der Waals surface area contributed by atoms with Gasteiger partial charge in [-0.3, -0.25) is 0 Å². The topological polar surface area (TPSA) is 35.5 Å². The second kappa shape index (κ2) is 7.84. The fraction of sp³-hybridized carbons (Fsp3) is 0.278. The Morgan fingerprint density at radius 3 is 2.65 bits per heavy atom. The van der Waals surface area contributed by atoms with E-state index < -0.39 is 5.97 Å². The Balaban J connectivity index is 2.05. The van der Waals surface area contributed by atoms with Crippen LogP contribution in [0.15, 0.2) is 40.9 Å². The predicted molar refractivity (Wildman–Crippen MR) is 95.6 cm³/mol. The van der Waals surface area contributed by atoms with Crippen LogP contribution >= 0.6 is 27.5 Å². The second-order valence-electron chi connectivity index (χ2n) is 5.51. The molecule has 0 unspecified atom stereocenters.